The van der Waals surface area contributed by atoms with E-state index in [4.69, 9.17) is 4.74 Å². The van der Waals surface area contributed by atoms with Crippen LogP contribution in [0.3, 0.4) is 0 Å². The maximum absolute atomic E-state index is 12.7. The van der Waals surface area contributed by atoms with E-state index < -0.39 is 0 Å². The van der Waals surface area contributed by atoms with E-state index in [2.05, 4.69) is 15.3 Å². The molecule has 1 N–H and O–H groups in total. The zero-order chi connectivity index (χ0) is 16.2. The Kier molecular flexibility index (Phi) is 4.41. The van der Waals surface area contributed by atoms with Crippen molar-refractivity contribution in [3.8, 4) is 5.75 Å². The number of amides is 2. The van der Waals surface area contributed by atoms with E-state index in [0.717, 1.165) is 30.6 Å². The van der Waals surface area contributed by atoms with Crippen molar-refractivity contribution in [2.24, 2.45) is 0 Å². The lowest BCUT2D eigenvalue weighted by Crippen LogP contribution is -2.34. The molecule has 0 aliphatic carbocycles. The lowest BCUT2D eigenvalue weighted by molar-refractivity contribution is 0.207. The Hall–Kier alpha value is -2.63. The summed E-state index contributed by atoms with van der Waals surface area (Å²) in [7, 11) is 1.57. The van der Waals surface area contributed by atoms with Crippen molar-refractivity contribution in [1.29, 1.82) is 0 Å². The van der Waals surface area contributed by atoms with Gasteiger partial charge in [-0.05, 0) is 49.6 Å². The fourth-order valence-electron chi connectivity index (χ4n) is 2.91. The molecular formula is C17H20N4O2. The Morgan fingerprint density at radius 2 is 2.09 bits per heavy atom. The van der Waals surface area contributed by atoms with Gasteiger partial charge < -0.3 is 9.64 Å². The van der Waals surface area contributed by atoms with E-state index in [1.807, 2.05) is 36.1 Å². The van der Waals surface area contributed by atoms with Gasteiger partial charge in [0.15, 0.2) is 11.6 Å². The Bertz CT molecular complexity index is 690. The summed E-state index contributed by atoms with van der Waals surface area (Å²) in [5.74, 6) is 1.02. The van der Waals surface area contributed by atoms with Crippen molar-refractivity contribution in [3.05, 3.63) is 47.9 Å². The highest BCUT2D eigenvalue weighted by Crippen LogP contribution is 2.32. The van der Waals surface area contributed by atoms with E-state index >= 15 is 0 Å². The molecule has 0 aromatic carbocycles. The predicted molar refractivity (Wildman–Crippen MR) is 87.5 cm³/mol. The van der Waals surface area contributed by atoms with E-state index in [-0.39, 0.29) is 12.1 Å². The van der Waals surface area contributed by atoms with Gasteiger partial charge in [0.05, 0.1) is 13.2 Å². The number of ether oxygens (including phenoxy) is 1. The monoisotopic (exact) mass is 312 g/mol. The highest BCUT2D eigenvalue weighted by molar-refractivity contribution is 5.90. The standard InChI is InChI=1S/C17H20N4O2/c1-12-5-6-15(23-2)16(19-12)20-17(22)21-11-3-4-14(21)13-7-9-18-10-8-13/h5-10,14H,3-4,11H2,1-2H3,(H,19,20,22)/t14-/m1/s1. The molecule has 0 unspecified atom stereocenters. The number of hydrogen-bond acceptors (Lipinski definition) is 4. The van der Waals surface area contributed by atoms with Crippen LogP contribution in [0.25, 0.3) is 0 Å². The number of nitrogens with one attached hydrogen (secondary N) is 1. The van der Waals surface area contributed by atoms with Gasteiger partial charge in [0, 0.05) is 24.6 Å². The van der Waals surface area contributed by atoms with Crippen molar-refractivity contribution < 1.29 is 9.53 Å². The molecule has 2 aromatic heterocycles. The molecule has 3 heterocycles. The average molecular weight is 312 g/mol. The fraction of sp³-hybridized carbons (Fsp3) is 0.353. The van der Waals surface area contributed by atoms with Crippen LogP contribution in [0.2, 0.25) is 0 Å². The van der Waals surface area contributed by atoms with Crippen LogP contribution in [0.5, 0.6) is 5.75 Å². The molecule has 1 atom stereocenters. The highest BCUT2D eigenvalue weighted by atomic mass is 16.5. The van der Waals surface area contributed by atoms with Gasteiger partial charge in [-0.3, -0.25) is 10.3 Å². The SMILES string of the molecule is COc1ccc(C)nc1NC(=O)N1CCC[C@@H]1c1ccncc1. The predicted octanol–water partition coefficient (Wildman–Crippen LogP) is 3.16. The number of pyridine rings is 2. The topological polar surface area (TPSA) is 67.3 Å². The summed E-state index contributed by atoms with van der Waals surface area (Å²) in [6.07, 6.45) is 5.46. The molecule has 23 heavy (non-hydrogen) atoms. The van der Waals surface area contributed by atoms with Crippen molar-refractivity contribution in [2.75, 3.05) is 19.0 Å². The van der Waals surface area contributed by atoms with Crippen LogP contribution >= 0.6 is 0 Å². The molecular weight excluding hydrogens is 292 g/mol. The first-order valence-corrected chi connectivity index (χ1v) is 7.68. The van der Waals surface area contributed by atoms with Crippen molar-refractivity contribution in [1.82, 2.24) is 14.9 Å². The van der Waals surface area contributed by atoms with E-state index in [0.29, 0.717) is 11.6 Å². The first kappa shape index (κ1) is 15.3. The second-order valence-corrected chi connectivity index (χ2v) is 5.57. The summed E-state index contributed by atoms with van der Waals surface area (Å²) < 4.78 is 5.27. The number of anilines is 1. The highest BCUT2D eigenvalue weighted by Gasteiger charge is 2.30. The Morgan fingerprint density at radius 1 is 1.30 bits per heavy atom. The molecule has 0 radical (unpaired) electrons. The van der Waals surface area contributed by atoms with Crippen LogP contribution in [-0.2, 0) is 0 Å². The van der Waals surface area contributed by atoms with Crippen LogP contribution < -0.4 is 10.1 Å². The molecule has 1 aliphatic rings. The van der Waals surface area contributed by atoms with E-state index in [1.54, 1.807) is 19.5 Å². The van der Waals surface area contributed by atoms with Gasteiger partial charge in [0.1, 0.15) is 0 Å². The van der Waals surface area contributed by atoms with Crippen LogP contribution in [-0.4, -0.2) is 34.6 Å². The zero-order valence-electron chi connectivity index (χ0n) is 13.3. The Labute approximate surface area is 135 Å². The first-order chi connectivity index (χ1) is 11.2. The summed E-state index contributed by atoms with van der Waals surface area (Å²) in [6.45, 7) is 2.61. The fourth-order valence-corrected chi connectivity index (χ4v) is 2.91. The lowest BCUT2D eigenvalue weighted by Gasteiger charge is -2.25. The van der Waals surface area contributed by atoms with Crippen molar-refractivity contribution in [2.45, 2.75) is 25.8 Å². The minimum Gasteiger partial charge on any atom is -0.493 e. The molecule has 0 bridgehead atoms. The van der Waals surface area contributed by atoms with Gasteiger partial charge in [-0.15, -0.1) is 0 Å². The normalized spacial score (nSPS) is 17.1. The minimum absolute atomic E-state index is 0.0776. The van der Waals surface area contributed by atoms with Crippen molar-refractivity contribution >= 4 is 11.8 Å². The van der Waals surface area contributed by atoms with E-state index in [1.165, 1.54) is 0 Å². The second kappa shape index (κ2) is 6.64. The maximum atomic E-state index is 12.7. The third-order valence-electron chi connectivity index (χ3n) is 4.05. The molecule has 2 amide bonds. The maximum Gasteiger partial charge on any atom is 0.323 e. The van der Waals surface area contributed by atoms with Crippen LogP contribution in [0, 0.1) is 6.92 Å². The Morgan fingerprint density at radius 3 is 2.83 bits per heavy atom. The van der Waals surface area contributed by atoms with Gasteiger partial charge in [-0.25, -0.2) is 9.78 Å². The van der Waals surface area contributed by atoms with Gasteiger partial charge in [0.2, 0.25) is 0 Å². The number of methoxy groups -OCH3 is 1. The molecule has 1 aliphatic heterocycles. The Balaban J connectivity index is 1.79. The minimum atomic E-state index is -0.152. The number of hydrogen-bond donors (Lipinski definition) is 1. The summed E-state index contributed by atoms with van der Waals surface area (Å²) in [5, 5.41) is 2.88. The average Bonchev–Trinajstić information content (AvgIpc) is 3.05. The molecule has 1 saturated heterocycles. The molecule has 6 nitrogen and oxygen atoms in total. The molecule has 0 spiro atoms. The number of likely N-dealkylation sites (tertiary alicyclic amines) is 1. The molecule has 3 rings (SSSR count). The van der Waals surface area contributed by atoms with Gasteiger partial charge in [-0.2, -0.15) is 0 Å². The molecule has 2 aromatic rings. The van der Waals surface area contributed by atoms with Gasteiger partial charge in [-0.1, -0.05) is 0 Å². The zero-order valence-corrected chi connectivity index (χ0v) is 13.3. The smallest absolute Gasteiger partial charge is 0.323 e. The summed E-state index contributed by atoms with van der Waals surface area (Å²) in [4.78, 5) is 22.9. The lowest BCUT2D eigenvalue weighted by atomic mass is 10.1. The first-order valence-electron chi connectivity index (χ1n) is 7.68. The number of carbonyl (C=O) groups is 1. The molecule has 6 heteroatoms. The number of aryl methyl sites for hydroxylation is 1. The number of carbonyl (C=O) groups excluding carboxylic acids is 1. The molecule has 120 valence electrons. The largest absolute Gasteiger partial charge is 0.493 e. The second-order valence-electron chi connectivity index (χ2n) is 5.57. The van der Waals surface area contributed by atoms with Crippen LogP contribution in [0.4, 0.5) is 10.6 Å². The number of urea groups is 1. The quantitative estimate of drug-likeness (QED) is 0.945. The number of nitrogens with zero attached hydrogens (tertiary/aromatic N) is 3. The summed E-state index contributed by atoms with van der Waals surface area (Å²) >= 11 is 0. The summed E-state index contributed by atoms with van der Waals surface area (Å²) in [5.41, 5.74) is 1.94. The van der Waals surface area contributed by atoms with E-state index in [9.17, 15) is 4.79 Å². The molecule has 0 saturated carbocycles. The van der Waals surface area contributed by atoms with Crippen molar-refractivity contribution in [3.63, 3.8) is 0 Å². The van der Waals surface area contributed by atoms with Gasteiger partial charge in [0.25, 0.3) is 0 Å². The summed E-state index contributed by atoms with van der Waals surface area (Å²) in [6, 6.07) is 7.50. The van der Waals surface area contributed by atoms with Crippen LogP contribution in [0.1, 0.15) is 30.1 Å². The molecule has 1 fully saturated rings. The van der Waals surface area contributed by atoms with Crippen LogP contribution in [0.15, 0.2) is 36.7 Å². The number of aromatic nitrogens is 2. The van der Waals surface area contributed by atoms with Gasteiger partial charge >= 0.3 is 6.03 Å². The third kappa shape index (κ3) is 3.26. The third-order valence-corrected chi connectivity index (χ3v) is 4.05. The number of rotatable bonds is 3.